The number of hydrogen-bond donors (Lipinski definition) is 2. The Balaban J connectivity index is 1.73. The Morgan fingerprint density at radius 2 is 1.35 bits per heavy atom. The molecular weight excluding hydrogens is 378 g/mol. The Labute approximate surface area is 185 Å². The van der Waals surface area contributed by atoms with Gasteiger partial charge in [-0.2, -0.15) is 0 Å². The molecule has 0 unspecified atom stereocenters. The standard InChI is InChI=1S/C29H29NO/c1-19(2)24-11-5-6-12-25(24)22-9-7-10-23(18-22)26-13-8-14-28(29(26)31)30-27-16-15-20(3)17-21(27)4/h5-19,30-31H,1-4H3. The van der Waals surface area contributed by atoms with Crippen molar-refractivity contribution < 1.29 is 5.11 Å². The highest BCUT2D eigenvalue weighted by Crippen LogP contribution is 2.39. The predicted molar refractivity (Wildman–Crippen MR) is 132 cm³/mol. The van der Waals surface area contributed by atoms with Crippen molar-refractivity contribution in [2.75, 3.05) is 5.32 Å². The van der Waals surface area contributed by atoms with Crippen LogP contribution in [0.4, 0.5) is 11.4 Å². The minimum atomic E-state index is 0.261. The van der Waals surface area contributed by atoms with Crippen molar-refractivity contribution in [3.63, 3.8) is 0 Å². The Morgan fingerprint density at radius 1 is 0.677 bits per heavy atom. The number of aryl methyl sites for hydroxylation is 2. The molecule has 4 rings (SSSR count). The number of aromatic hydroxyl groups is 1. The zero-order valence-electron chi connectivity index (χ0n) is 18.6. The van der Waals surface area contributed by atoms with Crippen LogP contribution in [0.25, 0.3) is 22.3 Å². The quantitative estimate of drug-likeness (QED) is 0.327. The number of phenols is 1. The molecule has 0 aliphatic heterocycles. The highest BCUT2D eigenvalue weighted by molar-refractivity contribution is 5.83. The molecule has 0 radical (unpaired) electrons. The van der Waals surface area contributed by atoms with Gasteiger partial charge in [-0.1, -0.05) is 86.1 Å². The normalized spacial score (nSPS) is 11.0. The molecule has 0 aliphatic rings. The average Bonchev–Trinajstić information content (AvgIpc) is 2.77. The maximum atomic E-state index is 11.1. The third kappa shape index (κ3) is 4.34. The van der Waals surface area contributed by atoms with Gasteiger partial charge in [-0.3, -0.25) is 0 Å². The van der Waals surface area contributed by atoms with Gasteiger partial charge in [0.05, 0.1) is 5.69 Å². The van der Waals surface area contributed by atoms with Gasteiger partial charge in [0.25, 0.3) is 0 Å². The van der Waals surface area contributed by atoms with Crippen molar-refractivity contribution in [2.45, 2.75) is 33.6 Å². The summed E-state index contributed by atoms with van der Waals surface area (Å²) in [4.78, 5) is 0. The van der Waals surface area contributed by atoms with Crippen molar-refractivity contribution in [3.8, 4) is 28.0 Å². The number of benzene rings is 4. The van der Waals surface area contributed by atoms with E-state index in [4.69, 9.17) is 0 Å². The van der Waals surface area contributed by atoms with Crippen LogP contribution >= 0.6 is 0 Å². The molecule has 2 nitrogen and oxygen atoms in total. The number of para-hydroxylation sites is 1. The number of anilines is 2. The minimum Gasteiger partial charge on any atom is -0.505 e. The summed E-state index contributed by atoms with van der Waals surface area (Å²) in [6, 6.07) is 29.1. The lowest BCUT2D eigenvalue weighted by molar-refractivity contribution is 0.480. The van der Waals surface area contributed by atoms with Gasteiger partial charge >= 0.3 is 0 Å². The first kappa shape index (κ1) is 20.7. The van der Waals surface area contributed by atoms with Crippen molar-refractivity contribution in [1.82, 2.24) is 0 Å². The fourth-order valence-corrected chi connectivity index (χ4v) is 4.09. The summed E-state index contributed by atoms with van der Waals surface area (Å²) in [6.45, 7) is 8.60. The Hall–Kier alpha value is -3.52. The van der Waals surface area contributed by atoms with E-state index in [9.17, 15) is 5.11 Å². The van der Waals surface area contributed by atoms with Gasteiger partial charge in [0, 0.05) is 11.3 Å². The van der Waals surface area contributed by atoms with Crippen molar-refractivity contribution >= 4 is 11.4 Å². The lowest BCUT2D eigenvalue weighted by Gasteiger charge is -2.16. The Bertz CT molecular complexity index is 1220. The van der Waals surface area contributed by atoms with E-state index in [1.54, 1.807) is 0 Å². The van der Waals surface area contributed by atoms with Crippen LogP contribution in [-0.2, 0) is 0 Å². The van der Waals surface area contributed by atoms with E-state index < -0.39 is 0 Å². The molecule has 4 aromatic rings. The van der Waals surface area contributed by atoms with E-state index in [0.29, 0.717) is 11.6 Å². The summed E-state index contributed by atoms with van der Waals surface area (Å²) < 4.78 is 0. The van der Waals surface area contributed by atoms with Crippen LogP contribution in [0.1, 0.15) is 36.5 Å². The van der Waals surface area contributed by atoms with Gasteiger partial charge < -0.3 is 10.4 Å². The second-order valence-corrected chi connectivity index (χ2v) is 8.47. The molecule has 156 valence electrons. The molecule has 0 aliphatic carbocycles. The smallest absolute Gasteiger partial charge is 0.146 e. The Kier molecular flexibility index (Phi) is 5.81. The second kappa shape index (κ2) is 8.69. The molecular formula is C29H29NO. The first-order valence-electron chi connectivity index (χ1n) is 10.8. The SMILES string of the molecule is Cc1ccc(Nc2cccc(-c3cccc(-c4ccccc4C(C)C)c3)c2O)c(C)c1. The third-order valence-corrected chi connectivity index (χ3v) is 5.75. The largest absolute Gasteiger partial charge is 0.505 e. The zero-order chi connectivity index (χ0) is 22.0. The first-order valence-corrected chi connectivity index (χ1v) is 10.8. The van der Waals surface area contributed by atoms with Crippen LogP contribution in [0.2, 0.25) is 0 Å². The molecule has 0 amide bonds. The van der Waals surface area contributed by atoms with Crippen LogP contribution in [0.5, 0.6) is 5.75 Å². The highest BCUT2D eigenvalue weighted by atomic mass is 16.3. The first-order chi connectivity index (χ1) is 14.9. The van der Waals surface area contributed by atoms with Gasteiger partial charge in [-0.05, 0) is 65.8 Å². The molecule has 0 saturated heterocycles. The maximum Gasteiger partial charge on any atom is 0.146 e. The van der Waals surface area contributed by atoms with E-state index in [0.717, 1.165) is 27.9 Å². The summed E-state index contributed by atoms with van der Waals surface area (Å²) in [7, 11) is 0. The van der Waals surface area contributed by atoms with Crippen molar-refractivity contribution in [3.05, 3.63) is 102 Å². The molecule has 4 aromatic carbocycles. The topological polar surface area (TPSA) is 32.3 Å². The van der Waals surface area contributed by atoms with E-state index in [1.165, 1.54) is 16.7 Å². The van der Waals surface area contributed by atoms with Crippen LogP contribution in [0, 0.1) is 13.8 Å². The monoisotopic (exact) mass is 407 g/mol. The zero-order valence-corrected chi connectivity index (χ0v) is 18.6. The molecule has 0 aromatic heterocycles. The summed E-state index contributed by atoms with van der Waals surface area (Å²) in [5.74, 6) is 0.704. The van der Waals surface area contributed by atoms with E-state index in [2.05, 4.69) is 99.7 Å². The van der Waals surface area contributed by atoms with Gasteiger partial charge in [-0.25, -0.2) is 0 Å². The lowest BCUT2D eigenvalue weighted by atomic mass is 9.91. The molecule has 0 fully saturated rings. The van der Waals surface area contributed by atoms with Crippen LogP contribution < -0.4 is 5.32 Å². The number of rotatable bonds is 5. The van der Waals surface area contributed by atoms with Crippen LogP contribution in [-0.4, -0.2) is 5.11 Å². The minimum absolute atomic E-state index is 0.261. The van der Waals surface area contributed by atoms with Crippen molar-refractivity contribution in [1.29, 1.82) is 0 Å². The van der Waals surface area contributed by atoms with Crippen LogP contribution in [0.3, 0.4) is 0 Å². The molecule has 2 N–H and O–H groups in total. The fourth-order valence-electron chi connectivity index (χ4n) is 4.09. The third-order valence-electron chi connectivity index (χ3n) is 5.75. The Morgan fingerprint density at radius 3 is 2.10 bits per heavy atom. The number of nitrogens with one attached hydrogen (secondary N) is 1. The van der Waals surface area contributed by atoms with Crippen LogP contribution in [0.15, 0.2) is 84.9 Å². The van der Waals surface area contributed by atoms with Gasteiger partial charge in [0.1, 0.15) is 5.75 Å². The molecule has 0 atom stereocenters. The predicted octanol–water partition coefficient (Wildman–Crippen LogP) is 8.21. The average molecular weight is 408 g/mol. The summed E-state index contributed by atoms with van der Waals surface area (Å²) >= 11 is 0. The molecule has 0 saturated carbocycles. The molecule has 2 heteroatoms. The molecule has 0 spiro atoms. The van der Waals surface area contributed by atoms with Gasteiger partial charge in [0.15, 0.2) is 0 Å². The molecule has 31 heavy (non-hydrogen) atoms. The van der Waals surface area contributed by atoms with Crippen molar-refractivity contribution in [2.24, 2.45) is 0 Å². The number of phenolic OH excluding ortho intramolecular Hbond substituents is 1. The lowest BCUT2D eigenvalue weighted by Crippen LogP contribution is -1.95. The summed E-state index contributed by atoms with van der Waals surface area (Å²) in [5.41, 5.74) is 9.62. The second-order valence-electron chi connectivity index (χ2n) is 8.47. The summed E-state index contributed by atoms with van der Waals surface area (Å²) in [6.07, 6.45) is 0. The fraction of sp³-hybridized carbons (Fsp3) is 0.172. The maximum absolute atomic E-state index is 11.1. The van der Waals surface area contributed by atoms with Gasteiger partial charge in [0.2, 0.25) is 0 Å². The van der Waals surface area contributed by atoms with E-state index in [1.807, 2.05) is 18.2 Å². The van der Waals surface area contributed by atoms with E-state index in [-0.39, 0.29) is 5.75 Å². The molecule has 0 bridgehead atoms. The van der Waals surface area contributed by atoms with Gasteiger partial charge in [-0.15, -0.1) is 0 Å². The number of hydrogen-bond acceptors (Lipinski definition) is 2. The highest BCUT2D eigenvalue weighted by Gasteiger charge is 2.13. The molecule has 0 heterocycles. The summed E-state index contributed by atoms with van der Waals surface area (Å²) in [5, 5.41) is 14.5. The van der Waals surface area contributed by atoms with E-state index >= 15 is 0 Å².